The molecule has 1 heterocycles. The molecular weight excluding hydrogens is 116 g/mol. The van der Waals surface area contributed by atoms with E-state index in [9.17, 15) is 0 Å². The molecule has 1 aromatic heterocycles. The van der Waals surface area contributed by atoms with Gasteiger partial charge in [0.1, 0.15) is 6.21 Å². The summed E-state index contributed by atoms with van der Waals surface area (Å²) in [7, 11) is 0. The standard InChI is InChI=1S/C6H5N2O/c9-8-5-6-2-1-3-7-4-6/h1-4,9H. The Bertz CT molecular complexity index is 195. The van der Waals surface area contributed by atoms with E-state index in [4.69, 9.17) is 5.21 Å². The zero-order valence-corrected chi connectivity index (χ0v) is 4.65. The van der Waals surface area contributed by atoms with Crippen molar-refractivity contribution in [3.05, 3.63) is 30.1 Å². The van der Waals surface area contributed by atoms with E-state index in [1.807, 2.05) is 0 Å². The van der Waals surface area contributed by atoms with Crippen molar-refractivity contribution >= 4 is 6.21 Å². The van der Waals surface area contributed by atoms with Gasteiger partial charge in [-0.1, -0.05) is 5.16 Å². The molecule has 0 aromatic carbocycles. The van der Waals surface area contributed by atoms with Gasteiger partial charge in [-0.2, -0.15) is 0 Å². The summed E-state index contributed by atoms with van der Waals surface area (Å²) in [6, 6.07) is 3.49. The van der Waals surface area contributed by atoms with Crippen LogP contribution in [0.3, 0.4) is 0 Å². The van der Waals surface area contributed by atoms with Gasteiger partial charge in [0.25, 0.3) is 0 Å². The van der Waals surface area contributed by atoms with Gasteiger partial charge in [-0.3, -0.25) is 4.98 Å². The Morgan fingerprint density at radius 2 is 2.56 bits per heavy atom. The molecule has 1 rings (SSSR count). The van der Waals surface area contributed by atoms with Gasteiger partial charge in [0.2, 0.25) is 0 Å². The number of nitrogens with zero attached hydrogens (tertiary/aromatic N) is 2. The molecule has 0 aliphatic carbocycles. The van der Waals surface area contributed by atoms with Crippen molar-refractivity contribution in [3.63, 3.8) is 0 Å². The minimum absolute atomic E-state index is 0.667. The predicted octanol–water partition coefficient (Wildman–Crippen LogP) is 0.767. The third-order valence-electron chi connectivity index (χ3n) is 0.841. The van der Waals surface area contributed by atoms with E-state index in [0.717, 1.165) is 0 Å². The van der Waals surface area contributed by atoms with Crippen LogP contribution in [-0.2, 0) is 0 Å². The second-order valence-corrected chi connectivity index (χ2v) is 1.45. The van der Waals surface area contributed by atoms with Crippen molar-refractivity contribution < 1.29 is 5.21 Å². The highest BCUT2D eigenvalue weighted by Crippen LogP contribution is 1.88. The molecule has 0 amide bonds. The lowest BCUT2D eigenvalue weighted by atomic mass is 10.3. The predicted molar refractivity (Wildman–Crippen MR) is 32.6 cm³/mol. The maximum atomic E-state index is 8.01. The number of aromatic nitrogens is 1. The summed E-state index contributed by atoms with van der Waals surface area (Å²) in [5.74, 6) is 0. The first-order valence-corrected chi connectivity index (χ1v) is 2.43. The highest BCUT2D eigenvalue weighted by molar-refractivity contribution is 5.78. The van der Waals surface area contributed by atoms with Crippen LogP contribution in [0.5, 0.6) is 0 Å². The lowest BCUT2D eigenvalue weighted by molar-refractivity contribution is 0.322. The van der Waals surface area contributed by atoms with Crippen molar-refractivity contribution in [2.24, 2.45) is 5.16 Å². The van der Waals surface area contributed by atoms with Crippen LogP contribution in [0.1, 0.15) is 5.56 Å². The third-order valence-corrected chi connectivity index (χ3v) is 0.841. The molecule has 0 aliphatic heterocycles. The van der Waals surface area contributed by atoms with Crippen LogP contribution in [0.2, 0.25) is 0 Å². The second kappa shape index (κ2) is 2.81. The minimum Gasteiger partial charge on any atom is -0.410 e. The van der Waals surface area contributed by atoms with E-state index in [1.54, 1.807) is 24.5 Å². The minimum atomic E-state index is 0.667. The zero-order valence-electron chi connectivity index (χ0n) is 4.65. The fraction of sp³-hybridized carbons (Fsp3) is 0. The van der Waals surface area contributed by atoms with E-state index in [-0.39, 0.29) is 0 Å². The van der Waals surface area contributed by atoms with Gasteiger partial charge in [-0.25, -0.2) is 0 Å². The van der Waals surface area contributed by atoms with Gasteiger partial charge in [0, 0.05) is 18.0 Å². The molecule has 0 aliphatic rings. The normalized spacial score (nSPS) is 10.2. The molecule has 1 N–H and O–H groups in total. The maximum Gasteiger partial charge on any atom is 0.141 e. The first kappa shape index (κ1) is 5.75. The Morgan fingerprint density at radius 1 is 1.67 bits per heavy atom. The average molecular weight is 121 g/mol. The molecule has 0 spiro atoms. The van der Waals surface area contributed by atoms with Crippen molar-refractivity contribution in [1.29, 1.82) is 0 Å². The molecule has 1 aromatic rings. The molecule has 0 fully saturated rings. The van der Waals surface area contributed by atoms with E-state index >= 15 is 0 Å². The first-order valence-electron chi connectivity index (χ1n) is 2.43. The Labute approximate surface area is 52.7 Å². The van der Waals surface area contributed by atoms with E-state index in [1.165, 1.54) is 0 Å². The summed E-state index contributed by atoms with van der Waals surface area (Å²) >= 11 is 0. The van der Waals surface area contributed by atoms with Crippen molar-refractivity contribution in [2.75, 3.05) is 0 Å². The van der Waals surface area contributed by atoms with Crippen molar-refractivity contribution in [3.8, 4) is 0 Å². The molecule has 45 valence electrons. The quantitative estimate of drug-likeness (QED) is 0.339. The summed E-state index contributed by atoms with van der Waals surface area (Å²) in [6.45, 7) is 0. The molecule has 0 unspecified atom stereocenters. The summed E-state index contributed by atoms with van der Waals surface area (Å²) in [5, 5.41) is 10.7. The molecular formula is C6H5N2O. The van der Waals surface area contributed by atoms with Crippen LogP contribution >= 0.6 is 0 Å². The maximum absolute atomic E-state index is 8.01. The van der Waals surface area contributed by atoms with E-state index in [0.29, 0.717) is 5.56 Å². The summed E-state index contributed by atoms with van der Waals surface area (Å²) in [5.41, 5.74) is 0.667. The number of rotatable bonds is 1. The first-order chi connectivity index (χ1) is 4.43. The lowest BCUT2D eigenvalue weighted by Crippen LogP contribution is -1.79. The van der Waals surface area contributed by atoms with Crippen LogP contribution < -0.4 is 0 Å². The van der Waals surface area contributed by atoms with Crippen LogP contribution in [0, 0.1) is 0 Å². The van der Waals surface area contributed by atoms with Gasteiger partial charge in [0.15, 0.2) is 0 Å². The summed E-state index contributed by atoms with van der Waals surface area (Å²) < 4.78 is 0. The smallest absolute Gasteiger partial charge is 0.141 e. The molecule has 0 atom stereocenters. The van der Waals surface area contributed by atoms with E-state index < -0.39 is 0 Å². The van der Waals surface area contributed by atoms with Gasteiger partial charge in [-0.05, 0) is 12.1 Å². The molecule has 3 heteroatoms. The topological polar surface area (TPSA) is 45.5 Å². The van der Waals surface area contributed by atoms with E-state index in [2.05, 4.69) is 16.4 Å². The Hall–Kier alpha value is -1.38. The Morgan fingerprint density at radius 3 is 3.11 bits per heavy atom. The SMILES string of the molecule is ON=[C]c1cccnc1. The van der Waals surface area contributed by atoms with Crippen LogP contribution in [0.4, 0.5) is 0 Å². The highest BCUT2D eigenvalue weighted by atomic mass is 16.4. The molecule has 3 nitrogen and oxygen atoms in total. The largest absolute Gasteiger partial charge is 0.410 e. The molecule has 9 heavy (non-hydrogen) atoms. The average Bonchev–Trinajstić information content (AvgIpc) is 1.91. The fourth-order valence-corrected chi connectivity index (χ4v) is 0.487. The molecule has 0 saturated carbocycles. The van der Waals surface area contributed by atoms with Gasteiger partial charge in [0.05, 0.1) is 0 Å². The van der Waals surface area contributed by atoms with Gasteiger partial charge in [-0.15, -0.1) is 0 Å². The zero-order chi connectivity index (χ0) is 6.53. The van der Waals surface area contributed by atoms with Gasteiger partial charge >= 0.3 is 0 Å². The van der Waals surface area contributed by atoms with Crippen molar-refractivity contribution in [2.45, 2.75) is 0 Å². The van der Waals surface area contributed by atoms with Crippen molar-refractivity contribution in [1.82, 2.24) is 4.98 Å². The third kappa shape index (κ3) is 1.53. The van der Waals surface area contributed by atoms with Crippen LogP contribution in [-0.4, -0.2) is 16.4 Å². The number of hydrogen-bond donors (Lipinski definition) is 1. The highest BCUT2D eigenvalue weighted by Gasteiger charge is 1.82. The van der Waals surface area contributed by atoms with Crippen LogP contribution in [0.25, 0.3) is 0 Å². The molecule has 0 saturated heterocycles. The van der Waals surface area contributed by atoms with Crippen LogP contribution in [0.15, 0.2) is 29.7 Å². The summed E-state index contributed by atoms with van der Waals surface area (Å²) in [6.07, 6.45) is 5.52. The second-order valence-electron chi connectivity index (χ2n) is 1.45. The summed E-state index contributed by atoms with van der Waals surface area (Å²) in [4.78, 5) is 3.77. The molecule has 0 bridgehead atoms. The fourth-order valence-electron chi connectivity index (χ4n) is 0.487. The molecule has 1 radical (unpaired) electrons. The monoisotopic (exact) mass is 121 g/mol. The number of pyridine rings is 1. The number of hydrogen-bond acceptors (Lipinski definition) is 3. The Kier molecular flexibility index (Phi) is 1.80. The van der Waals surface area contributed by atoms with Gasteiger partial charge < -0.3 is 5.21 Å². The lowest BCUT2D eigenvalue weighted by Gasteiger charge is -1.83. The Balaban J connectivity index is 2.85.